The number of anilines is 1. The van der Waals surface area contributed by atoms with E-state index in [1.165, 1.54) is 5.56 Å². The molecule has 0 bridgehead atoms. The number of benzene rings is 3. The van der Waals surface area contributed by atoms with Crippen molar-refractivity contribution in [2.75, 3.05) is 5.32 Å². The molecule has 0 unspecified atom stereocenters. The lowest BCUT2D eigenvalue weighted by Crippen LogP contribution is -2.24. The third-order valence-electron chi connectivity index (χ3n) is 5.13. The quantitative estimate of drug-likeness (QED) is 0.517. The Labute approximate surface area is 170 Å². The first-order chi connectivity index (χ1) is 14.1. The van der Waals surface area contributed by atoms with Crippen molar-refractivity contribution in [3.63, 3.8) is 0 Å². The summed E-state index contributed by atoms with van der Waals surface area (Å²) in [7, 11) is 1.97. The zero-order chi connectivity index (χ0) is 20.2. The van der Waals surface area contributed by atoms with Gasteiger partial charge in [0.1, 0.15) is 5.82 Å². The number of aryl methyl sites for hydroxylation is 2. The number of aromatic nitrogens is 2. The molecule has 0 aliphatic carbocycles. The molecule has 0 radical (unpaired) electrons. The summed E-state index contributed by atoms with van der Waals surface area (Å²) in [6.07, 6.45) is 0. The van der Waals surface area contributed by atoms with Crippen molar-refractivity contribution in [1.29, 1.82) is 0 Å². The van der Waals surface area contributed by atoms with Crippen LogP contribution in [0.5, 0.6) is 0 Å². The fraction of sp³-hybridized carbons (Fsp3) is 0.167. The summed E-state index contributed by atoms with van der Waals surface area (Å²) in [5.74, 6) is 0.731. The molecule has 29 heavy (non-hydrogen) atoms. The van der Waals surface area contributed by atoms with Gasteiger partial charge in [0, 0.05) is 24.8 Å². The Balaban J connectivity index is 1.36. The number of fused-ring (bicyclic) bond motifs is 1. The number of hydrogen-bond donors (Lipinski definition) is 2. The van der Waals surface area contributed by atoms with E-state index in [0.29, 0.717) is 18.7 Å². The number of rotatable bonds is 6. The van der Waals surface area contributed by atoms with Crippen LogP contribution in [0.3, 0.4) is 0 Å². The number of carbonyl (C=O) groups is 1. The predicted octanol–water partition coefficient (Wildman–Crippen LogP) is 4.42. The number of nitrogens with one attached hydrogen (secondary N) is 2. The van der Waals surface area contributed by atoms with Crippen LogP contribution in [-0.2, 0) is 20.1 Å². The topological polar surface area (TPSA) is 59.0 Å². The maximum atomic E-state index is 12.5. The normalized spacial score (nSPS) is 10.8. The van der Waals surface area contributed by atoms with E-state index in [1.807, 2.05) is 72.3 Å². The lowest BCUT2D eigenvalue weighted by molar-refractivity contribution is 0.0949. The van der Waals surface area contributed by atoms with Crippen molar-refractivity contribution in [3.05, 3.63) is 95.3 Å². The van der Waals surface area contributed by atoms with E-state index in [0.717, 1.165) is 28.1 Å². The van der Waals surface area contributed by atoms with E-state index in [2.05, 4.69) is 34.7 Å². The van der Waals surface area contributed by atoms with Gasteiger partial charge in [0.15, 0.2) is 0 Å². The minimum Gasteiger partial charge on any atom is -0.381 e. The van der Waals surface area contributed by atoms with E-state index < -0.39 is 0 Å². The summed E-state index contributed by atoms with van der Waals surface area (Å²) >= 11 is 0. The van der Waals surface area contributed by atoms with Gasteiger partial charge in [0.05, 0.1) is 17.6 Å². The molecule has 1 heterocycles. The summed E-state index contributed by atoms with van der Waals surface area (Å²) in [6, 6.07) is 23.8. The average Bonchev–Trinajstić information content (AvgIpc) is 3.08. The maximum Gasteiger partial charge on any atom is 0.251 e. The SMILES string of the molecule is Cc1ccccc1NCc1ccc(C(=O)NCc2nc3ccccc3n2C)cc1. The molecule has 0 fully saturated rings. The van der Waals surface area contributed by atoms with Gasteiger partial charge in [-0.2, -0.15) is 0 Å². The summed E-state index contributed by atoms with van der Waals surface area (Å²) in [5, 5.41) is 6.40. The molecule has 0 aliphatic heterocycles. The molecule has 0 aliphatic rings. The molecule has 0 atom stereocenters. The van der Waals surface area contributed by atoms with Gasteiger partial charge in [0.25, 0.3) is 5.91 Å². The van der Waals surface area contributed by atoms with Crippen LogP contribution in [-0.4, -0.2) is 15.5 Å². The molecule has 0 spiro atoms. The Hall–Kier alpha value is -3.60. The van der Waals surface area contributed by atoms with Crippen molar-refractivity contribution in [1.82, 2.24) is 14.9 Å². The monoisotopic (exact) mass is 384 g/mol. The van der Waals surface area contributed by atoms with Crippen LogP contribution in [0.2, 0.25) is 0 Å². The first-order valence-corrected chi connectivity index (χ1v) is 9.69. The number of carbonyl (C=O) groups excluding carboxylic acids is 1. The van der Waals surface area contributed by atoms with Crippen molar-refractivity contribution in [2.45, 2.75) is 20.0 Å². The fourth-order valence-electron chi connectivity index (χ4n) is 3.36. The Morgan fingerprint density at radius 1 is 0.931 bits per heavy atom. The van der Waals surface area contributed by atoms with Crippen molar-refractivity contribution >= 4 is 22.6 Å². The Morgan fingerprint density at radius 3 is 2.41 bits per heavy atom. The van der Waals surface area contributed by atoms with Crippen LogP contribution in [0, 0.1) is 6.92 Å². The Morgan fingerprint density at radius 2 is 1.66 bits per heavy atom. The van der Waals surface area contributed by atoms with Crippen LogP contribution < -0.4 is 10.6 Å². The average molecular weight is 384 g/mol. The summed E-state index contributed by atoms with van der Waals surface area (Å²) in [4.78, 5) is 17.1. The first kappa shape index (κ1) is 18.7. The van der Waals surface area contributed by atoms with Crippen LogP contribution in [0.15, 0.2) is 72.8 Å². The van der Waals surface area contributed by atoms with Gasteiger partial charge in [-0.1, -0.05) is 42.5 Å². The molecular weight excluding hydrogens is 360 g/mol. The van der Waals surface area contributed by atoms with Crippen molar-refractivity contribution < 1.29 is 4.79 Å². The van der Waals surface area contributed by atoms with E-state index in [1.54, 1.807) is 0 Å². The predicted molar refractivity (Wildman–Crippen MR) is 117 cm³/mol. The molecule has 5 heteroatoms. The Kier molecular flexibility index (Phi) is 5.29. The number of hydrogen-bond acceptors (Lipinski definition) is 3. The van der Waals surface area contributed by atoms with Gasteiger partial charge in [-0.3, -0.25) is 4.79 Å². The summed E-state index contributed by atoms with van der Waals surface area (Å²) in [6.45, 7) is 3.19. The standard InChI is InChI=1S/C24H24N4O/c1-17-7-3-4-8-20(17)25-15-18-11-13-19(14-12-18)24(29)26-16-23-27-21-9-5-6-10-22(21)28(23)2/h3-14,25H,15-16H2,1-2H3,(H,26,29). The van der Waals surface area contributed by atoms with Crippen LogP contribution in [0.4, 0.5) is 5.69 Å². The van der Waals surface area contributed by atoms with Crippen molar-refractivity contribution in [2.24, 2.45) is 7.05 Å². The second-order valence-electron chi connectivity index (χ2n) is 7.12. The molecule has 3 aromatic carbocycles. The smallest absolute Gasteiger partial charge is 0.251 e. The van der Waals surface area contributed by atoms with Gasteiger partial charge in [-0.25, -0.2) is 4.98 Å². The highest BCUT2D eigenvalue weighted by Crippen LogP contribution is 2.16. The highest BCUT2D eigenvalue weighted by Gasteiger charge is 2.10. The van der Waals surface area contributed by atoms with Crippen molar-refractivity contribution in [3.8, 4) is 0 Å². The minimum absolute atomic E-state index is 0.101. The number of amides is 1. The number of para-hydroxylation sites is 3. The highest BCUT2D eigenvalue weighted by molar-refractivity contribution is 5.94. The molecule has 4 rings (SSSR count). The molecule has 0 saturated heterocycles. The summed E-state index contributed by atoms with van der Waals surface area (Å²) in [5.41, 5.74) is 6.10. The van der Waals surface area contributed by atoms with E-state index in [9.17, 15) is 4.79 Å². The molecule has 1 amide bonds. The Bertz CT molecular complexity index is 1150. The highest BCUT2D eigenvalue weighted by atomic mass is 16.1. The zero-order valence-corrected chi connectivity index (χ0v) is 16.6. The van der Waals surface area contributed by atoms with E-state index in [-0.39, 0.29) is 5.91 Å². The summed E-state index contributed by atoms with van der Waals surface area (Å²) < 4.78 is 2.01. The van der Waals surface area contributed by atoms with Gasteiger partial charge in [-0.15, -0.1) is 0 Å². The van der Waals surface area contributed by atoms with Gasteiger partial charge < -0.3 is 15.2 Å². The molecule has 5 nitrogen and oxygen atoms in total. The third-order valence-corrected chi connectivity index (χ3v) is 5.13. The molecule has 0 saturated carbocycles. The molecular formula is C24H24N4O. The lowest BCUT2D eigenvalue weighted by atomic mass is 10.1. The van der Waals surface area contributed by atoms with Crippen LogP contribution in [0.25, 0.3) is 11.0 Å². The second kappa shape index (κ2) is 8.19. The van der Waals surface area contributed by atoms with Crippen LogP contribution in [0.1, 0.15) is 27.3 Å². The fourth-order valence-corrected chi connectivity index (χ4v) is 3.36. The molecule has 4 aromatic rings. The third kappa shape index (κ3) is 4.14. The van der Waals surface area contributed by atoms with Gasteiger partial charge >= 0.3 is 0 Å². The minimum atomic E-state index is -0.101. The van der Waals surface area contributed by atoms with E-state index in [4.69, 9.17) is 0 Å². The van der Waals surface area contributed by atoms with Crippen LogP contribution >= 0.6 is 0 Å². The lowest BCUT2D eigenvalue weighted by Gasteiger charge is -2.10. The zero-order valence-electron chi connectivity index (χ0n) is 16.6. The maximum absolute atomic E-state index is 12.5. The van der Waals surface area contributed by atoms with Gasteiger partial charge in [-0.05, 0) is 48.4 Å². The first-order valence-electron chi connectivity index (χ1n) is 9.69. The molecule has 1 aromatic heterocycles. The van der Waals surface area contributed by atoms with E-state index >= 15 is 0 Å². The molecule has 2 N–H and O–H groups in total. The number of nitrogens with zero attached hydrogens (tertiary/aromatic N) is 2. The molecule has 146 valence electrons. The second-order valence-corrected chi connectivity index (χ2v) is 7.12. The largest absolute Gasteiger partial charge is 0.381 e. The number of imidazole rings is 1. The van der Waals surface area contributed by atoms with Gasteiger partial charge in [0.2, 0.25) is 0 Å².